The van der Waals surface area contributed by atoms with E-state index < -0.39 is 18.0 Å². The number of thioether (sulfide) groups is 1. The summed E-state index contributed by atoms with van der Waals surface area (Å²) in [7, 11) is 1.38. The molecule has 0 saturated carbocycles. The van der Waals surface area contributed by atoms with Crippen molar-refractivity contribution in [1.82, 2.24) is 10.6 Å². The summed E-state index contributed by atoms with van der Waals surface area (Å²) in [6, 6.07) is 1.76. The molecule has 136 valence electrons. The normalized spacial score (nSPS) is 17.0. The highest BCUT2D eigenvalue weighted by atomic mass is 35.5. The van der Waals surface area contributed by atoms with Crippen molar-refractivity contribution < 1.29 is 24.2 Å². The average Bonchev–Trinajstić information content (AvgIpc) is 2.56. The highest BCUT2D eigenvalue weighted by Crippen LogP contribution is 2.39. The molecule has 1 aromatic carbocycles. The first-order valence-electron chi connectivity index (χ1n) is 7.39. The number of hydrogen-bond acceptors (Lipinski definition) is 6. The fraction of sp³-hybridized carbons (Fsp3) is 0.375. The van der Waals surface area contributed by atoms with Crippen molar-refractivity contribution in [3.63, 3.8) is 0 Å². The zero-order valence-corrected chi connectivity index (χ0v) is 15.6. The lowest BCUT2D eigenvalue weighted by Gasteiger charge is -2.28. The van der Waals surface area contributed by atoms with Crippen LogP contribution in [0.1, 0.15) is 18.5 Å². The number of phenols is 1. The molecule has 1 atom stereocenters. The van der Waals surface area contributed by atoms with Crippen LogP contribution in [0.25, 0.3) is 0 Å². The molecule has 1 aliphatic heterocycles. The molecule has 7 nitrogen and oxygen atoms in total. The van der Waals surface area contributed by atoms with E-state index in [1.807, 2.05) is 6.26 Å². The highest BCUT2D eigenvalue weighted by molar-refractivity contribution is 7.98. The molecule has 0 fully saturated rings. The maximum absolute atomic E-state index is 12.5. The van der Waals surface area contributed by atoms with Gasteiger partial charge in [-0.2, -0.15) is 11.8 Å². The second kappa shape index (κ2) is 8.35. The number of hydrogen-bond donors (Lipinski definition) is 3. The Balaban J connectivity index is 2.42. The van der Waals surface area contributed by atoms with Crippen molar-refractivity contribution in [1.29, 1.82) is 0 Å². The summed E-state index contributed by atoms with van der Waals surface area (Å²) in [4.78, 5) is 24.4. The first-order chi connectivity index (χ1) is 11.9. The predicted molar refractivity (Wildman–Crippen MR) is 96.1 cm³/mol. The molecule has 2 rings (SSSR count). The van der Waals surface area contributed by atoms with E-state index in [0.29, 0.717) is 17.0 Å². The third-order valence-electron chi connectivity index (χ3n) is 3.61. The summed E-state index contributed by atoms with van der Waals surface area (Å²) in [5, 5.41) is 15.2. The number of benzene rings is 1. The molecule has 0 radical (unpaired) electrons. The maximum Gasteiger partial charge on any atom is 0.338 e. The van der Waals surface area contributed by atoms with E-state index in [-0.39, 0.29) is 28.7 Å². The van der Waals surface area contributed by atoms with Gasteiger partial charge in [0.1, 0.15) is 6.61 Å². The molecule has 3 N–H and O–H groups in total. The molecular formula is C16H19ClN2O5S. The second-order valence-corrected chi connectivity index (χ2v) is 6.65. The van der Waals surface area contributed by atoms with Crippen molar-refractivity contribution >= 4 is 35.4 Å². The van der Waals surface area contributed by atoms with Gasteiger partial charge < -0.3 is 25.2 Å². The Morgan fingerprint density at radius 2 is 2.16 bits per heavy atom. The minimum absolute atomic E-state index is 0.0508. The summed E-state index contributed by atoms with van der Waals surface area (Å²) >= 11 is 7.58. The van der Waals surface area contributed by atoms with Crippen molar-refractivity contribution in [2.45, 2.75) is 13.0 Å². The number of methoxy groups -OCH3 is 1. The number of amides is 2. The lowest BCUT2D eigenvalue weighted by molar-refractivity contribution is -0.138. The van der Waals surface area contributed by atoms with Crippen LogP contribution in [0.2, 0.25) is 5.02 Å². The smallest absolute Gasteiger partial charge is 0.338 e. The molecule has 1 aliphatic rings. The second-order valence-electron chi connectivity index (χ2n) is 5.25. The number of aromatic hydroxyl groups is 1. The van der Waals surface area contributed by atoms with E-state index in [4.69, 9.17) is 21.1 Å². The number of phenolic OH excluding ortho intramolecular Hbond substituents is 1. The predicted octanol–water partition coefficient (Wildman–Crippen LogP) is 2.59. The third kappa shape index (κ3) is 4.32. The summed E-state index contributed by atoms with van der Waals surface area (Å²) in [5.41, 5.74) is 1.15. The van der Waals surface area contributed by atoms with Crippen molar-refractivity contribution in [3.8, 4) is 11.5 Å². The molecule has 0 aliphatic carbocycles. The topological polar surface area (TPSA) is 96.9 Å². The van der Waals surface area contributed by atoms with Gasteiger partial charge in [0.2, 0.25) is 0 Å². The van der Waals surface area contributed by atoms with Crippen LogP contribution in [0.5, 0.6) is 11.5 Å². The Hall–Kier alpha value is -2.06. The molecule has 2 amide bonds. The van der Waals surface area contributed by atoms with E-state index in [0.717, 1.165) is 0 Å². The Bertz CT molecular complexity index is 723. The van der Waals surface area contributed by atoms with Gasteiger partial charge in [-0.15, -0.1) is 0 Å². The molecule has 0 saturated heterocycles. The van der Waals surface area contributed by atoms with E-state index in [1.54, 1.807) is 18.7 Å². The molecular weight excluding hydrogens is 368 g/mol. The van der Waals surface area contributed by atoms with Crippen LogP contribution in [-0.2, 0) is 9.53 Å². The number of ether oxygens (including phenoxy) is 2. The van der Waals surface area contributed by atoms with Crippen LogP contribution >= 0.6 is 23.4 Å². The first kappa shape index (κ1) is 19.3. The van der Waals surface area contributed by atoms with E-state index in [2.05, 4.69) is 10.6 Å². The zero-order chi connectivity index (χ0) is 18.6. The van der Waals surface area contributed by atoms with Crippen LogP contribution < -0.4 is 15.4 Å². The van der Waals surface area contributed by atoms with Crippen LogP contribution in [0.3, 0.4) is 0 Å². The Morgan fingerprint density at radius 1 is 1.44 bits per heavy atom. The number of urea groups is 1. The largest absolute Gasteiger partial charge is 0.503 e. The number of allylic oxidation sites excluding steroid dienone is 1. The number of nitrogens with one attached hydrogen (secondary N) is 2. The maximum atomic E-state index is 12.5. The van der Waals surface area contributed by atoms with Gasteiger partial charge in [-0.1, -0.05) is 11.6 Å². The summed E-state index contributed by atoms with van der Waals surface area (Å²) in [5.74, 6) is 0.0645. The van der Waals surface area contributed by atoms with Crippen molar-refractivity contribution in [2.24, 2.45) is 0 Å². The molecule has 0 bridgehead atoms. The Kier molecular flexibility index (Phi) is 6.44. The fourth-order valence-electron chi connectivity index (χ4n) is 2.43. The number of rotatable bonds is 6. The zero-order valence-electron chi connectivity index (χ0n) is 14.0. The van der Waals surface area contributed by atoms with Gasteiger partial charge in [-0.05, 0) is 30.9 Å². The Labute approximate surface area is 154 Å². The number of carbonyl (C=O) groups excluding carboxylic acids is 2. The molecule has 25 heavy (non-hydrogen) atoms. The molecule has 0 unspecified atom stereocenters. The summed E-state index contributed by atoms with van der Waals surface area (Å²) in [6.07, 6.45) is 1.91. The highest BCUT2D eigenvalue weighted by Gasteiger charge is 2.33. The fourth-order valence-corrected chi connectivity index (χ4v) is 2.90. The van der Waals surface area contributed by atoms with Crippen molar-refractivity contribution in [2.75, 3.05) is 25.7 Å². The lowest BCUT2D eigenvalue weighted by Crippen LogP contribution is -2.45. The summed E-state index contributed by atoms with van der Waals surface area (Å²) in [6.45, 7) is 1.88. The molecule has 9 heteroatoms. The minimum atomic E-state index is -0.775. The van der Waals surface area contributed by atoms with Gasteiger partial charge >= 0.3 is 12.0 Å². The van der Waals surface area contributed by atoms with Crippen molar-refractivity contribution in [3.05, 3.63) is 34.0 Å². The number of esters is 1. The average molecular weight is 387 g/mol. The minimum Gasteiger partial charge on any atom is -0.503 e. The van der Waals surface area contributed by atoms with Crippen LogP contribution in [0.15, 0.2) is 23.4 Å². The molecule has 1 heterocycles. The first-order valence-corrected chi connectivity index (χ1v) is 9.17. The van der Waals surface area contributed by atoms with E-state index >= 15 is 0 Å². The standard InChI is InChI=1S/C16H19ClN2O5S/c1-8-12(15(21)24-4-5-25-3)13(19-16(22)18-8)9-6-10(17)14(20)11(7-9)23-2/h6-7,13,20H,4-5H2,1-3H3,(H2,18,19,22)/t13-/m1/s1. The van der Waals surface area contributed by atoms with E-state index in [9.17, 15) is 14.7 Å². The monoisotopic (exact) mass is 386 g/mol. The molecule has 1 aromatic rings. The van der Waals surface area contributed by atoms with Gasteiger partial charge in [-0.3, -0.25) is 0 Å². The van der Waals surface area contributed by atoms with Gasteiger partial charge in [-0.25, -0.2) is 9.59 Å². The van der Waals surface area contributed by atoms with Gasteiger partial charge in [0.05, 0.1) is 23.7 Å². The van der Waals surface area contributed by atoms with Gasteiger partial charge in [0.25, 0.3) is 0 Å². The van der Waals surface area contributed by atoms with E-state index in [1.165, 1.54) is 19.2 Å². The molecule has 0 spiro atoms. The number of halogens is 1. The third-order valence-corrected chi connectivity index (χ3v) is 4.48. The van der Waals surface area contributed by atoms with Crippen LogP contribution in [0, 0.1) is 0 Å². The SMILES string of the molecule is COc1cc([C@H]2NC(=O)NC(C)=C2C(=O)OCCSC)cc(Cl)c1O. The summed E-state index contributed by atoms with van der Waals surface area (Å²) < 4.78 is 10.4. The van der Waals surface area contributed by atoms with Crippen LogP contribution in [0.4, 0.5) is 4.79 Å². The van der Waals surface area contributed by atoms with Gasteiger partial charge in [0, 0.05) is 11.4 Å². The lowest BCUT2D eigenvalue weighted by atomic mass is 9.95. The number of carbonyl (C=O) groups is 2. The Morgan fingerprint density at radius 3 is 2.80 bits per heavy atom. The molecule has 0 aromatic heterocycles. The van der Waals surface area contributed by atoms with Crippen LogP contribution in [-0.4, -0.2) is 42.8 Å². The van der Waals surface area contributed by atoms with Gasteiger partial charge in [0.15, 0.2) is 11.5 Å². The quantitative estimate of drug-likeness (QED) is 0.513.